The van der Waals surface area contributed by atoms with Crippen molar-refractivity contribution in [3.63, 3.8) is 0 Å². The summed E-state index contributed by atoms with van der Waals surface area (Å²) in [7, 11) is 0. The van der Waals surface area contributed by atoms with Crippen LogP contribution in [0.25, 0.3) is 11.4 Å². The van der Waals surface area contributed by atoms with Gasteiger partial charge in [0.25, 0.3) is 0 Å². The van der Waals surface area contributed by atoms with E-state index in [9.17, 15) is 4.79 Å². The van der Waals surface area contributed by atoms with Crippen LogP contribution in [0.5, 0.6) is 5.75 Å². The fourth-order valence-electron chi connectivity index (χ4n) is 2.50. The molecule has 0 saturated carbocycles. The van der Waals surface area contributed by atoms with Crippen LogP contribution in [0.2, 0.25) is 0 Å². The second kappa shape index (κ2) is 8.62. The molecule has 3 rings (SSSR count). The van der Waals surface area contributed by atoms with Crippen molar-refractivity contribution in [2.24, 2.45) is 0 Å². The van der Waals surface area contributed by atoms with Crippen LogP contribution in [-0.2, 0) is 11.2 Å². The zero-order chi connectivity index (χ0) is 18.4. The van der Waals surface area contributed by atoms with Gasteiger partial charge in [0.2, 0.25) is 17.6 Å². The van der Waals surface area contributed by atoms with E-state index in [2.05, 4.69) is 15.5 Å². The summed E-state index contributed by atoms with van der Waals surface area (Å²) in [6.07, 6.45) is 0.714. The highest BCUT2D eigenvalue weighted by atomic mass is 32.1. The first-order valence-corrected chi connectivity index (χ1v) is 9.47. The third kappa shape index (κ3) is 4.70. The first-order chi connectivity index (χ1) is 12.7. The molecule has 1 atom stereocenters. The Labute approximate surface area is 156 Å². The van der Waals surface area contributed by atoms with E-state index in [4.69, 9.17) is 9.26 Å². The predicted octanol–water partition coefficient (Wildman–Crippen LogP) is 4.01. The molecule has 26 heavy (non-hydrogen) atoms. The molecular weight excluding hydrogens is 350 g/mol. The average molecular weight is 371 g/mol. The molecule has 0 bridgehead atoms. The Balaban J connectivity index is 1.49. The zero-order valence-electron chi connectivity index (χ0n) is 14.8. The SMILES string of the molecule is CCOc1ccc(C(C)NC(=O)CCc2nc(-c3ccsc3)no2)cc1. The summed E-state index contributed by atoms with van der Waals surface area (Å²) in [5, 5.41) is 10.8. The summed E-state index contributed by atoms with van der Waals surface area (Å²) < 4.78 is 10.6. The van der Waals surface area contributed by atoms with Crippen molar-refractivity contribution in [2.45, 2.75) is 32.7 Å². The Kier molecular flexibility index (Phi) is 6.01. The maximum atomic E-state index is 12.2. The quantitative estimate of drug-likeness (QED) is 0.647. The van der Waals surface area contributed by atoms with E-state index in [0.29, 0.717) is 31.2 Å². The Morgan fingerprint density at radius 3 is 2.81 bits per heavy atom. The molecule has 2 heterocycles. The molecule has 0 aliphatic heterocycles. The number of ether oxygens (including phenoxy) is 1. The Morgan fingerprint density at radius 1 is 1.31 bits per heavy atom. The molecule has 136 valence electrons. The van der Waals surface area contributed by atoms with Crippen molar-refractivity contribution in [3.8, 4) is 17.1 Å². The van der Waals surface area contributed by atoms with Crippen molar-refractivity contribution in [3.05, 3.63) is 52.5 Å². The van der Waals surface area contributed by atoms with Crippen LogP contribution in [0, 0.1) is 0 Å². The lowest BCUT2D eigenvalue weighted by atomic mass is 10.1. The molecule has 7 heteroatoms. The molecule has 0 aliphatic rings. The number of rotatable bonds is 8. The van der Waals surface area contributed by atoms with E-state index in [0.717, 1.165) is 16.9 Å². The maximum Gasteiger partial charge on any atom is 0.227 e. The van der Waals surface area contributed by atoms with E-state index in [-0.39, 0.29) is 11.9 Å². The van der Waals surface area contributed by atoms with Gasteiger partial charge >= 0.3 is 0 Å². The topological polar surface area (TPSA) is 77.2 Å². The third-order valence-corrected chi connectivity index (χ3v) is 4.57. The molecule has 0 fully saturated rings. The van der Waals surface area contributed by atoms with E-state index in [1.165, 1.54) is 0 Å². The van der Waals surface area contributed by atoms with Crippen LogP contribution < -0.4 is 10.1 Å². The second-order valence-corrected chi connectivity index (χ2v) is 6.60. The largest absolute Gasteiger partial charge is 0.494 e. The molecular formula is C19H21N3O3S. The molecule has 0 saturated heterocycles. The minimum Gasteiger partial charge on any atom is -0.494 e. The smallest absolute Gasteiger partial charge is 0.227 e. The zero-order valence-corrected chi connectivity index (χ0v) is 15.6. The molecule has 1 unspecified atom stereocenters. The summed E-state index contributed by atoms with van der Waals surface area (Å²) in [6.45, 7) is 4.54. The van der Waals surface area contributed by atoms with Gasteiger partial charge in [-0.25, -0.2) is 0 Å². The number of thiophene rings is 1. The molecule has 2 aromatic heterocycles. The molecule has 6 nitrogen and oxygen atoms in total. The van der Waals surface area contributed by atoms with Crippen molar-refractivity contribution in [2.75, 3.05) is 6.61 Å². The van der Waals surface area contributed by atoms with E-state index < -0.39 is 0 Å². The van der Waals surface area contributed by atoms with Crippen molar-refractivity contribution in [1.29, 1.82) is 0 Å². The number of amides is 1. The maximum absolute atomic E-state index is 12.2. The van der Waals surface area contributed by atoms with Crippen molar-refractivity contribution < 1.29 is 14.1 Å². The molecule has 3 aromatic rings. The summed E-state index contributed by atoms with van der Waals surface area (Å²) >= 11 is 1.58. The number of hydrogen-bond acceptors (Lipinski definition) is 6. The number of aromatic nitrogens is 2. The lowest BCUT2D eigenvalue weighted by molar-refractivity contribution is -0.121. The molecule has 0 aliphatic carbocycles. The molecule has 1 aromatic carbocycles. The average Bonchev–Trinajstić information content (AvgIpc) is 3.32. The van der Waals surface area contributed by atoms with Crippen molar-refractivity contribution in [1.82, 2.24) is 15.5 Å². The monoisotopic (exact) mass is 371 g/mol. The Morgan fingerprint density at radius 2 is 2.12 bits per heavy atom. The van der Waals surface area contributed by atoms with Gasteiger partial charge in [-0.3, -0.25) is 4.79 Å². The van der Waals surface area contributed by atoms with Crippen molar-refractivity contribution >= 4 is 17.2 Å². The van der Waals surface area contributed by atoms with Crippen LogP contribution in [0.4, 0.5) is 0 Å². The van der Waals surface area contributed by atoms with Crippen LogP contribution >= 0.6 is 11.3 Å². The van der Waals surface area contributed by atoms with Gasteiger partial charge in [0.05, 0.1) is 12.6 Å². The van der Waals surface area contributed by atoms with Gasteiger partial charge < -0.3 is 14.6 Å². The molecule has 1 amide bonds. The minimum absolute atomic E-state index is 0.0540. The lowest BCUT2D eigenvalue weighted by Gasteiger charge is -2.14. The standard InChI is InChI=1S/C19H21N3O3S/c1-3-24-16-6-4-14(5-7-16)13(2)20-17(23)8-9-18-21-19(22-25-18)15-10-11-26-12-15/h4-7,10-13H,3,8-9H2,1-2H3,(H,20,23). The van der Waals surface area contributed by atoms with Gasteiger partial charge in [-0.15, -0.1) is 0 Å². The van der Waals surface area contributed by atoms with Gasteiger partial charge in [-0.1, -0.05) is 17.3 Å². The number of nitrogens with zero attached hydrogens (tertiary/aromatic N) is 2. The fourth-order valence-corrected chi connectivity index (χ4v) is 3.14. The molecule has 0 radical (unpaired) electrons. The van der Waals surface area contributed by atoms with Gasteiger partial charge in [0.1, 0.15) is 5.75 Å². The normalized spacial score (nSPS) is 11.9. The molecule has 1 N–H and O–H groups in total. The van der Waals surface area contributed by atoms with E-state index in [1.54, 1.807) is 11.3 Å². The van der Waals surface area contributed by atoms with Gasteiger partial charge in [-0.2, -0.15) is 16.3 Å². The van der Waals surface area contributed by atoms with Gasteiger partial charge in [0.15, 0.2) is 0 Å². The highest BCUT2D eigenvalue weighted by Crippen LogP contribution is 2.20. The minimum atomic E-state index is -0.0813. The summed E-state index contributed by atoms with van der Waals surface area (Å²) in [6, 6.07) is 9.59. The number of nitrogens with one attached hydrogen (secondary N) is 1. The summed E-state index contributed by atoms with van der Waals surface area (Å²) in [4.78, 5) is 16.5. The van der Waals surface area contributed by atoms with Crippen LogP contribution in [0.15, 0.2) is 45.6 Å². The Bertz CT molecular complexity index is 828. The molecule has 0 spiro atoms. The van der Waals surface area contributed by atoms with Gasteiger partial charge in [-0.05, 0) is 43.0 Å². The third-order valence-electron chi connectivity index (χ3n) is 3.88. The summed E-state index contributed by atoms with van der Waals surface area (Å²) in [5.41, 5.74) is 1.96. The number of aryl methyl sites for hydroxylation is 1. The predicted molar refractivity (Wildman–Crippen MR) is 100 cm³/mol. The number of hydrogen-bond donors (Lipinski definition) is 1. The van der Waals surface area contributed by atoms with Crippen LogP contribution in [0.3, 0.4) is 0 Å². The number of carbonyl (C=O) groups is 1. The second-order valence-electron chi connectivity index (χ2n) is 5.81. The Hall–Kier alpha value is -2.67. The first-order valence-electron chi connectivity index (χ1n) is 8.53. The first kappa shape index (κ1) is 18.1. The highest BCUT2D eigenvalue weighted by molar-refractivity contribution is 7.08. The van der Waals surface area contributed by atoms with Crippen LogP contribution in [-0.4, -0.2) is 22.7 Å². The summed E-state index contributed by atoms with van der Waals surface area (Å²) in [5.74, 6) is 1.80. The lowest BCUT2D eigenvalue weighted by Crippen LogP contribution is -2.26. The number of carbonyl (C=O) groups excluding carboxylic acids is 1. The fraction of sp³-hybridized carbons (Fsp3) is 0.316. The van der Waals surface area contributed by atoms with Crippen LogP contribution in [0.1, 0.15) is 37.8 Å². The van der Waals surface area contributed by atoms with Gasteiger partial charge in [0, 0.05) is 23.8 Å². The van der Waals surface area contributed by atoms with E-state index in [1.807, 2.05) is 54.9 Å². The highest BCUT2D eigenvalue weighted by Gasteiger charge is 2.13. The number of benzene rings is 1. The van der Waals surface area contributed by atoms with E-state index >= 15 is 0 Å².